The van der Waals surface area contributed by atoms with Crippen LogP contribution in [0.3, 0.4) is 0 Å². The molecule has 90 valence electrons. The van der Waals surface area contributed by atoms with Gasteiger partial charge in [0.2, 0.25) is 0 Å². The Hall–Kier alpha value is -0.770. The Kier molecular flexibility index (Phi) is 8.09. The van der Waals surface area contributed by atoms with Gasteiger partial charge in [0.25, 0.3) is 0 Å². The first-order chi connectivity index (χ1) is 7.02. The number of rotatable bonds is 7. The lowest BCUT2D eigenvalue weighted by Gasteiger charge is -2.11. The van der Waals surface area contributed by atoms with Gasteiger partial charge in [0.05, 0.1) is 0 Å². The second kappa shape index (κ2) is 8.53. The molecule has 0 heterocycles. The van der Waals surface area contributed by atoms with Crippen LogP contribution < -0.4 is 10.6 Å². The minimum absolute atomic E-state index is 0.0468. The minimum atomic E-state index is -0.0468. The zero-order chi connectivity index (χ0) is 11.7. The van der Waals surface area contributed by atoms with E-state index < -0.39 is 0 Å². The van der Waals surface area contributed by atoms with Gasteiger partial charge in [0, 0.05) is 13.1 Å². The Bertz CT molecular complexity index is 169. The van der Waals surface area contributed by atoms with E-state index in [2.05, 4.69) is 29.4 Å². The number of carbonyl (C=O) groups excluding carboxylic acids is 1. The van der Waals surface area contributed by atoms with Gasteiger partial charge in [-0.05, 0) is 39.4 Å². The fourth-order valence-electron chi connectivity index (χ4n) is 1.13. The van der Waals surface area contributed by atoms with Crippen LogP contribution in [-0.4, -0.2) is 44.7 Å². The average Bonchev–Trinajstić information content (AvgIpc) is 2.11. The number of amides is 2. The van der Waals surface area contributed by atoms with Crippen LogP contribution in [0.15, 0.2) is 0 Å². The molecular weight excluding hydrogens is 190 g/mol. The molecule has 0 saturated carbocycles. The molecule has 0 bridgehead atoms. The molecule has 0 aliphatic carbocycles. The van der Waals surface area contributed by atoms with Gasteiger partial charge in [-0.25, -0.2) is 4.79 Å². The van der Waals surface area contributed by atoms with Gasteiger partial charge < -0.3 is 15.5 Å². The monoisotopic (exact) mass is 215 g/mol. The summed E-state index contributed by atoms with van der Waals surface area (Å²) in [5.41, 5.74) is 0. The summed E-state index contributed by atoms with van der Waals surface area (Å²) < 4.78 is 0. The van der Waals surface area contributed by atoms with Crippen molar-refractivity contribution in [2.75, 3.05) is 33.7 Å². The molecule has 4 heteroatoms. The van der Waals surface area contributed by atoms with Gasteiger partial charge in [-0.1, -0.05) is 13.8 Å². The predicted octanol–water partition coefficient (Wildman–Crippen LogP) is 1.28. The third kappa shape index (κ3) is 11.2. The number of hydrogen-bond donors (Lipinski definition) is 2. The van der Waals surface area contributed by atoms with E-state index in [0.717, 1.165) is 32.5 Å². The third-order valence-corrected chi connectivity index (χ3v) is 2.07. The van der Waals surface area contributed by atoms with Crippen molar-refractivity contribution in [3.05, 3.63) is 0 Å². The first-order valence-corrected chi connectivity index (χ1v) is 5.68. The molecule has 0 radical (unpaired) electrons. The highest BCUT2D eigenvalue weighted by atomic mass is 16.2. The standard InChI is InChI=1S/C11H25N3O/c1-10(2)6-8-13-11(15)12-7-5-9-14(3)4/h10H,5-9H2,1-4H3,(H2,12,13,15). The van der Waals surface area contributed by atoms with E-state index in [1.807, 2.05) is 14.1 Å². The summed E-state index contributed by atoms with van der Waals surface area (Å²) in [6, 6.07) is -0.0468. The second-order valence-electron chi connectivity index (χ2n) is 4.52. The van der Waals surface area contributed by atoms with Crippen molar-refractivity contribution in [3.63, 3.8) is 0 Å². The number of urea groups is 1. The number of carbonyl (C=O) groups is 1. The smallest absolute Gasteiger partial charge is 0.314 e. The zero-order valence-electron chi connectivity index (χ0n) is 10.5. The second-order valence-corrected chi connectivity index (χ2v) is 4.52. The van der Waals surface area contributed by atoms with E-state index in [-0.39, 0.29) is 6.03 Å². The molecule has 0 saturated heterocycles. The van der Waals surface area contributed by atoms with Gasteiger partial charge in [-0.15, -0.1) is 0 Å². The zero-order valence-corrected chi connectivity index (χ0v) is 10.5. The molecule has 0 fully saturated rings. The molecule has 15 heavy (non-hydrogen) atoms. The molecule has 0 aromatic heterocycles. The molecule has 0 aromatic rings. The van der Waals surface area contributed by atoms with Crippen molar-refractivity contribution in [1.29, 1.82) is 0 Å². The molecule has 4 nitrogen and oxygen atoms in total. The van der Waals surface area contributed by atoms with Crippen LogP contribution in [0.25, 0.3) is 0 Å². The first-order valence-electron chi connectivity index (χ1n) is 5.68. The van der Waals surface area contributed by atoms with E-state index in [9.17, 15) is 4.79 Å². The molecular formula is C11H25N3O. The summed E-state index contributed by atoms with van der Waals surface area (Å²) in [6.45, 7) is 6.81. The van der Waals surface area contributed by atoms with Crippen LogP contribution in [-0.2, 0) is 0 Å². The normalized spacial score (nSPS) is 10.8. The highest BCUT2D eigenvalue weighted by Gasteiger charge is 1.99. The summed E-state index contributed by atoms with van der Waals surface area (Å²) >= 11 is 0. The number of nitrogens with zero attached hydrogens (tertiary/aromatic N) is 1. The van der Waals surface area contributed by atoms with Crippen LogP contribution in [0.1, 0.15) is 26.7 Å². The molecule has 0 aromatic carbocycles. The Balaban J connectivity index is 3.26. The van der Waals surface area contributed by atoms with Gasteiger partial charge >= 0.3 is 6.03 Å². The fraction of sp³-hybridized carbons (Fsp3) is 0.909. The van der Waals surface area contributed by atoms with E-state index in [0.29, 0.717) is 5.92 Å². The number of hydrogen-bond acceptors (Lipinski definition) is 2. The third-order valence-electron chi connectivity index (χ3n) is 2.07. The van der Waals surface area contributed by atoms with E-state index in [4.69, 9.17) is 0 Å². The SMILES string of the molecule is CC(C)CCNC(=O)NCCCN(C)C. The highest BCUT2D eigenvalue weighted by Crippen LogP contribution is 1.95. The molecule has 0 spiro atoms. The topological polar surface area (TPSA) is 44.4 Å². The average molecular weight is 215 g/mol. The maximum absolute atomic E-state index is 11.2. The molecule has 0 aliphatic heterocycles. The summed E-state index contributed by atoms with van der Waals surface area (Å²) in [5.74, 6) is 0.638. The lowest BCUT2D eigenvalue weighted by molar-refractivity contribution is 0.239. The molecule has 0 unspecified atom stereocenters. The largest absolute Gasteiger partial charge is 0.338 e. The van der Waals surface area contributed by atoms with Gasteiger partial charge in [-0.3, -0.25) is 0 Å². The van der Waals surface area contributed by atoms with Crippen molar-refractivity contribution < 1.29 is 4.79 Å². The molecule has 2 amide bonds. The van der Waals surface area contributed by atoms with Crippen molar-refractivity contribution in [2.45, 2.75) is 26.7 Å². The van der Waals surface area contributed by atoms with Gasteiger partial charge in [0.1, 0.15) is 0 Å². The van der Waals surface area contributed by atoms with Crippen molar-refractivity contribution >= 4 is 6.03 Å². The summed E-state index contributed by atoms with van der Waals surface area (Å²) in [4.78, 5) is 13.3. The summed E-state index contributed by atoms with van der Waals surface area (Å²) in [7, 11) is 4.06. The van der Waals surface area contributed by atoms with Crippen LogP contribution in [0.5, 0.6) is 0 Å². The summed E-state index contributed by atoms with van der Waals surface area (Å²) in [6.07, 6.45) is 2.02. The number of nitrogens with one attached hydrogen (secondary N) is 2. The van der Waals surface area contributed by atoms with Crippen LogP contribution >= 0.6 is 0 Å². The van der Waals surface area contributed by atoms with E-state index in [1.165, 1.54) is 0 Å². The predicted molar refractivity (Wildman–Crippen MR) is 64.0 cm³/mol. The molecule has 2 N–H and O–H groups in total. The first kappa shape index (κ1) is 14.2. The van der Waals surface area contributed by atoms with Crippen molar-refractivity contribution in [2.24, 2.45) is 5.92 Å². The Labute approximate surface area is 93.4 Å². The highest BCUT2D eigenvalue weighted by molar-refractivity contribution is 5.73. The van der Waals surface area contributed by atoms with Crippen LogP contribution in [0, 0.1) is 5.92 Å². The van der Waals surface area contributed by atoms with Gasteiger partial charge in [0.15, 0.2) is 0 Å². The van der Waals surface area contributed by atoms with Crippen LogP contribution in [0.4, 0.5) is 4.79 Å². The maximum Gasteiger partial charge on any atom is 0.314 e. The molecule has 0 atom stereocenters. The lowest BCUT2D eigenvalue weighted by Crippen LogP contribution is -2.37. The quantitative estimate of drug-likeness (QED) is 0.628. The Morgan fingerprint density at radius 1 is 1.20 bits per heavy atom. The Morgan fingerprint density at radius 3 is 2.33 bits per heavy atom. The van der Waals surface area contributed by atoms with E-state index >= 15 is 0 Å². The van der Waals surface area contributed by atoms with Crippen molar-refractivity contribution in [3.8, 4) is 0 Å². The van der Waals surface area contributed by atoms with E-state index in [1.54, 1.807) is 0 Å². The molecule has 0 rings (SSSR count). The van der Waals surface area contributed by atoms with Crippen LogP contribution in [0.2, 0.25) is 0 Å². The lowest BCUT2D eigenvalue weighted by atomic mass is 10.1. The minimum Gasteiger partial charge on any atom is -0.338 e. The van der Waals surface area contributed by atoms with Gasteiger partial charge in [-0.2, -0.15) is 0 Å². The Morgan fingerprint density at radius 2 is 1.80 bits per heavy atom. The maximum atomic E-state index is 11.2. The molecule has 0 aliphatic rings. The fourth-order valence-corrected chi connectivity index (χ4v) is 1.13. The van der Waals surface area contributed by atoms with Crippen molar-refractivity contribution in [1.82, 2.24) is 15.5 Å². The summed E-state index contributed by atoms with van der Waals surface area (Å²) in [5, 5.41) is 5.67.